The van der Waals surface area contributed by atoms with Gasteiger partial charge in [-0.15, -0.1) is 0 Å². The second kappa shape index (κ2) is 10.8. The molecule has 2 atom stereocenters. The summed E-state index contributed by atoms with van der Waals surface area (Å²) < 4.78 is 8.48. The lowest BCUT2D eigenvalue weighted by molar-refractivity contribution is 0.0687. The van der Waals surface area contributed by atoms with E-state index in [0.717, 1.165) is 28.5 Å². The van der Waals surface area contributed by atoms with Crippen molar-refractivity contribution in [3.63, 3.8) is 0 Å². The number of aliphatic hydroxyl groups is 1. The van der Waals surface area contributed by atoms with E-state index in [2.05, 4.69) is 52.2 Å². The van der Waals surface area contributed by atoms with Crippen molar-refractivity contribution in [2.75, 3.05) is 6.54 Å². The van der Waals surface area contributed by atoms with Gasteiger partial charge in [-0.25, -0.2) is 4.79 Å². The fourth-order valence-corrected chi connectivity index (χ4v) is 5.44. The minimum atomic E-state index is -2.10. The topological polar surface area (TPSA) is 104 Å². The van der Waals surface area contributed by atoms with Crippen LogP contribution in [0.2, 0.25) is 18.1 Å². The van der Waals surface area contributed by atoms with Crippen LogP contribution in [0, 0.1) is 0 Å². The molecule has 0 unspecified atom stereocenters. The third-order valence-electron chi connectivity index (χ3n) is 7.41. The number of benzene rings is 2. The number of nitrogens with one attached hydrogen (secondary N) is 1. The van der Waals surface area contributed by atoms with Gasteiger partial charge in [0, 0.05) is 36.1 Å². The van der Waals surface area contributed by atoms with Gasteiger partial charge in [-0.05, 0) is 72.9 Å². The molecular formula is C28H40N2O5Si. The Morgan fingerprint density at radius 3 is 2.44 bits per heavy atom. The normalized spacial score (nSPS) is 14.2. The Hall–Kier alpha value is -2.65. The van der Waals surface area contributed by atoms with E-state index in [0.29, 0.717) is 12.1 Å². The molecule has 0 aliphatic rings. The van der Waals surface area contributed by atoms with Gasteiger partial charge in [0.2, 0.25) is 0 Å². The van der Waals surface area contributed by atoms with Crippen LogP contribution in [0.1, 0.15) is 61.0 Å². The Bertz CT molecular complexity index is 1230. The van der Waals surface area contributed by atoms with Gasteiger partial charge in [-0.2, -0.15) is 0 Å². The molecule has 7 nitrogen and oxygen atoms in total. The number of rotatable bonds is 10. The van der Waals surface area contributed by atoms with Crippen LogP contribution in [0.5, 0.6) is 5.75 Å². The fourth-order valence-electron chi connectivity index (χ4n) is 4.16. The summed E-state index contributed by atoms with van der Waals surface area (Å²) in [6, 6.07) is 13.2. The Labute approximate surface area is 214 Å². The zero-order valence-corrected chi connectivity index (χ0v) is 23.4. The second-order valence-corrected chi connectivity index (χ2v) is 16.0. The average Bonchev–Trinajstić information content (AvgIpc) is 3.12. The van der Waals surface area contributed by atoms with Gasteiger partial charge in [0.25, 0.3) is 0 Å². The number of aromatic carboxylic acids is 1. The molecule has 0 fully saturated rings. The number of aryl methyl sites for hydroxylation is 1. The number of hydrogen-bond donors (Lipinski definition) is 4. The number of fused-ring (bicyclic) bond motifs is 1. The van der Waals surface area contributed by atoms with Crippen molar-refractivity contribution < 1.29 is 24.5 Å². The molecule has 0 amide bonds. The molecule has 0 saturated carbocycles. The minimum absolute atomic E-state index is 0.0352. The summed E-state index contributed by atoms with van der Waals surface area (Å²) in [4.78, 5) is 11.5. The highest BCUT2D eigenvalue weighted by atomic mass is 28.4. The van der Waals surface area contributed by atoms with Crippen molar-refractivity contribution in [2.45, 2.75) is 71.0 Å². The highest BCUT2D eigenvalue weighted by molar-refractivity contribution is 6.74. The summed E-state index contributed by atoms with van der Waals surface area (Å²) in [5, 5.41) is 33.7. The van der Waals surface area contributed by atoms with Crippen molar-refractivity contribution in [1.29, 1.82) is 0 Å². The first-order valence-corrected chi connectivity index (χ1v) is 15.3. The number of hydrogen-bond acceptors (Lipinski definition) is 5. The maximum Gasteiger partial charge on any atom is 0.352 e. The molecular weight excluding hydrogens is 472 g/mol. The lowest BCUT2D eigenvalue weighted by atomic mass is 10.0. The number of nitrogens with zero attached hydrogens (tertiary/aromatic N) is 1. The highest BCUT2D eigenvalue weighted by Gasteiger charge is 2.39. The summed E-state index contributed by atoms with van der Waals surface area (Å²) >= 11 is 0. The van der Waals surface area contributed by atoms with E-state index in [9.17, 15) is 20.1 Å². The van der Waals surface area contributed by atoms with Gasteiger partial charge in [0.1, 0.15) is 11.4 Å². The predicted molar refractivity (Wildman–Crippen MR) is 146 cm³/mol. The van der Waals surface area contributed by atoms with Crippen molar-refractivity contribution in [3.8, 4) is 5.75 Å². The van der Waals surface area contributed by atoms with E-state index in [1.54, 1.807) is 23.7 Å². The summed E-state index contributed by atoms with van der Waals surface area (Å²) in [5.41, 5.74) is 3.70. The van der Waals surface area contributed by atoms with E-state index in [1.807, 2.05) is 24.3 Å². The number of carbonyl (C=O) groups is 1. The lowest BCUT2D eigenvalue weighted by Crippen LogP contribution is -2.44. The molecule has 3 aromatic rings. The Balaban J connectivity index is 1.77. The van der Waals surface area contributed by atoms with E-state index in [1.165, 1.54) is 0 Å². The van der Waals surface area contributed by atoms with Crippen LogP contribution in [0.15, 0.2) is 42.5 Å². The molecule has 36 heavy (non-hydrogen) atoms. The van der Waals surface area contributed by atoms with Crippen LogP contribution in [0.25, 0.3) is 10.9 Å². The second-order valence-electron chi connectivity index (χ2n) is 11.2. The molecule has 1 aromatic heterocycles. The van der Waals surface area contributed by atoms with E-state index >= 15 is 0 Å². The third-order valence-corrected chi connectivity index (χ3v) is 11.9. The highest BCUT2D eigenvalue weighted by Crippen LogP contribution is 2.40. The monoisotopic (exact) mass is 512 g/mol. The molecule has 0 aliphatic carbocycles. The van der Waals surface area contributed by atoms with Gasteiger partial charge in [-0.1, -0.05) is 32.9 Å². The number of carboxylic acids is 1. The van der Waals surface area contributed by atoms with Gasteiger partial charge in [0.05, 0.1) is 12.7 Å². The Morgan fingerprint density at radius 2 is 1.83 bits per heavy atom. The van der Waals surface area contributed by atoms with Crippen molar-refractivity contribution in [2.24, 2.45) is 7.05 Å². The van der Waals surface area contributed by atoms with Crippen LogP contribution >= 0.6 is 0 Å². The SMILES string of the molecule is C[C@H](Cc1ccc2c(c1)cc(C(=O)O)n2C)NC[C@@H](O[Si](C)(C)C(C)(C)C)c1ccc(O)c(CO)c1. The molecule has 0 radical (unpaired) electrons. The van der Waals surface area contributed by atoms with Crippen LogP contribution in [0.3, 0.4) is 0 Å². The number of aromatic hydroxyl groups is 1. The molecule has 0 aliphatic heterocycles. The summed E-state index contributed by atoms with van der Waals surface area (Å²) in [5.74, 6) is -0.854. The molecule has 3 rings (SSSR count). The number of aliphatic hydroxyl groups excluding tert-OH is 1. The number of carboxylic acid groups (broad SMARTS) is 1. The van der Waals surface area contributed by atoms with Crippen LogP contribution in [-0.4, -0.2) is 46.8 Å². The lowest BCUT2D eigenvalue weighted by Gasteiger charge is -2.40. The first-order valence-electron chi connectivity index (χ1n) is 12.4. The maximum absolute atomic E-state index is 11.5. The standard InChI is InChI=1S/C28H40N2O5Si/c1-18(12-19-8-10-23-21(13-19)15-24(27(33)34)30(23)5)29-16-26(35-36(6,7)28(2,3)4)20-9-11-25(32)22(14-20)17-31/h8-11,13-15,18,26,29,31-32H,12,16-17H2,1-7H3,(H,33,34)/t18-,26-/m1/s1. The summed E-state index contributed by atoms with van der Waals surface area (Å²) in [6.45, 7) is 13.5. The van der Waals surface area contributed by atoms with Crippen LogP contribution in [-0.2, 0) is 24.5 Å². The van der Waals surface area contributed by atoms with Gasteiger partial charge >= 0.3 is 5.97 Å². The first kappa shape index (κ1) is 27.9. The fraction of sp³-hybridized carbons (Fsp3) is 0.464. The van der Waals surface area contributed by atoms with Crippen molar-refractivity contribution in [3.05, 3.63) is 64.8 Å². The molecule has 0 bridgehead atoms. The zero-order valence-electron chi connectivity index (χ0n) is 22.4. The number of aromatic nitrogens is 1. The molecule has 196 valence electrons. The average molecular weight is 513 g/mol. The minimum Gasteiger partial charge on any atom is -0.508 e. The predicted octanol–water partition coefficient (Wildman–Crippen LogP) is 5.36. The van der Waals surface area contributed by atoms with Gasteiger partial charge in [0.15, 0.2) is 8.32 Å². The molecule has 1 heterocycles. The number of phenols is 1. The third kappa shape index (κ3) is 6.18. The zero-order chi connectivity index (χ0) is 26.8. The quantitative estimate of drug-likeness (QED) is 0.273. The molecule has 0 spiro atoms. The van der Waals surface area contributed by atoms with E-state index in [4.69, 9.17) is 4.43 Å². The van der Waals surface area contributed by atoms with Crippen LogP contribution in [0.4, 0.5) is 0 Å². The van der Waals surface area contributed by atoms with Gasteiger partial charge < -0.3 is 29.6 Å². The van der Waals surface area contributed by atoms with Crippen molar-refractivity contribution >= 4 is 25.2 Å². The van der Waals surface area contributed by atoms with Crippen LogP contribution < -0.4 is 5.32 Å². The first-order chi connectivity index (χ1) is 16.7. The molecule has 4 N–H and O–H groups in total. The summed E-state index contributed by atoms with van der Waals surface area (Å²) in [7, 11) is -0.329. The molecule has 0 saturated heterocycles. The Kier molecular flexibility index (Phi) is 8.35. The van der Waals surface area contributed by atoms with E-state index in [-0.39, 0.29) is 35.2 Å². The summed E-state index contributed by atoms with van der Waals surface area (Å²) in [6.07, 6.45) is 0.548. The smallest absolute Gasteiger partial charge is 0.352 e. The molecule has 8 heteroatoms. The van der Waals surface area contributed by atoms with Crippen molar-refractivity contribution in [1.82, 2.24) is 9.88 Å². The maximum atomic E-state index is 11.5. The van der Waals surface area contributed by atoms with E-state index < -0.39 is 14.3 Å². The molecule has 2 aromatic carbocycles. The Morgan fingerprint density at radius 1 is 1.14 bits per heavy atom. The van der Waals surface area contributed by atoms with Gasteiger partial charge in [-0.3, -0.25) is 0 Å². The largest absolute Gasteiger partial charge is 0.508 e.